The predicted octanol–water partition coefficient (Wildman–Crippen LogP) is 2.09. The van der Waals surface area contributed by atoms with Crippen molar-refractivity contribution in [3.63, 3.8) is 0 Å². The number of likely N-dealkylation sites (tertiary alicyclic amines) is 1. The van der Waals surface area contributed by atoms with Crippen LogP contribution < -0.4 is 10.6 Å². The molecule has 1 fully saturated rings. The van der Waals surface area contributed by atoms with Gasteiger partial charge >= 0.3 is 0 Å². The van der Waals surface area contributed by atoms with Crippen molar-refractivity contribution in [1.29, 1.82) is 0 Å². The van der Waals surface area contributed by atoms with E-state index in [0.717, 1.165) is 31.6 Å². The minimum Gasteiger partial charge on any atom is -0.325 e. The lowest BCUT2D eigenvalue weighted by Crippen LogP contribution is -2.44. The third-order valence-corrected chi connectivity index (χ3v) is 3.74. The maximum absolute atomic E-state index is 11.8. The van der Waals surface area contributed by atoms with Gasteiger partial charge in [0.25, 0.3) is 0 Å². The second kappa shape index (κ2) is 8.02. The monoisotopic (exact) mass is 275 g/mol. The molecule has 1 aromatic carbocycles. The lowest BCUT2D eigenvalue weighted by molar-refractivity contribution is -0.115. The molecule has 1 aliphatic rings. The van der Waals surface area contributed by atoms with Gasteiger partial charge < -0.3 is 15.5 Å². The van der Waals surface area contributed by atoms with Gasteiger partial charge in [0.1, 0.15) is 0 Å². The Balaban J connectivity index is 1.64. The fourth-order valence-electron chi connectivity index (χ4n) is 2.64. The molecule has 4 nitrogen and oxygen atoms in total. The summed E-state index contributed by atoms with van der Waals surface area (Å²) in [5.74, 6) is 0.0344. The summed E-state index contributed by atoms with van der Waals surface area (Å²) in [7, 11) is 0. The van der Waals surface area contributed by atoms with Gasteiger partial charge in [-0.1, -0.05) is 25.1 Å². The number of carbonyl (C=O) groups is 1. The smallest absolute Gasteiger partial charge is 0.238 e. The topological polar surface area (TPSA) is 44.4 Å². The Morgan fingerprint density at radius 2 is 1.95 bits per heavy atom. The lowest BCUT2D eigenvalue weighted by atomic mass is 10.0. The van der Waals surface area contributed by atoms with Crippen LogP contribution in [0, 0.1) is 0 Å². The van der Waals surface area contributed by atoms with Gasteiger partial charge in [0.05, 0.1) is 6.54 Å². The fraction of sp³-hybridized carbons (Fsp3) is 0.562. The van der Waals surface area contributed by atoms with Gasteiger partial charge in [0.2, 0.25) is 5.91 Å². The van der Waals surface area contributed by atoms with E-state index in [1.54, 1.807) is 0 Å². The van der Waals surface area contributed by atoms with Crippen molar-refractivity contribution >= 4 is 11.6 Å². The number of hydrogen-bond acceptors (Lipinski definition) is 3. The molecule has 1 amide bonds. The molecule has 1 heterocycles. The number of nitrogens with zero attached hydrogens (tertiary/aromatic N) is 1. The summed E-state index contributed by atoms with van der Waals surface area (Å²) in [5, 5.41) is 6.26. The molecule has 1 aliphatic heterocycles. The average molecular weight is 275 g/mol. The second-order valence-corrected chi connectivity index (χ2v) is 5.41. The molecule has 110 valence electrons. The summed E-state index contributed by atoms with van der Waals surface area (Å²) >= 11 is 0. The van der Waals surface area contributed by atoms with Crippen LogP contribution >= 0.6 is 0 Å². The Bertz CT molecular complexity index is 399. The second-order valence-electron chi connectivity index (χ2n) is 5.41. The first-order valence-corrected chi connectivity index (χ1v) is 7.58. The van der Waals surface area contributed by atoms with E-state index in [-0.39, 0.29) is 5.91 Å². The highest BCUT2D eigenvalue weighted by molar-refractivity contribution is 5.92. The molecular formula is C16H25N3O. The molecular weight excluding hydrogens is 250 g/mol. The van der Waals surface area contributed by atoms with Gasteiger partial charge in [0.15, 0.2) is 0 Å². The van der Waals surface area contributed by atoms with Gasteiger partial charge in [0, 0.05) is 11.7 Å². The quantitative estimate of drug-likeness (QED) is 0.835. The van der Waals surface area contributed by atoms with E-state index in [9.17, 15) is 4.79 Å². The van der Waals surface area contributed by atoms with Crippen LogP contribution in [0.2, 0.25) is 0 Å². The van der Waals surface area contributed by atoms with E-state index < -0.39 is 0 Å². The number of hydrogen-bond donors (Lipinski definition) is 2. The molecule has 0 atom stereocenters. The standard InChI is InChI=1S/C16H25N3O/c1-2-10-19-11-8-14(9-12-19)17-13-16(20)18-15-6-4-3-5-7-15/h3-7,14,17H,2,8-13H2,1H3,(H,18,20). The lowest BCUT2D eigenvalue weighted by Gasteiger charge is -2.32. The minimum atomic E-state index is 0.0344. The molecule has 2 N–H and O–H groups in total. The largest absolute Gasteiger partial charge is 0.325 e. The fourth-order valence-corrected chi connectivity index (χ4v) is 2.64. The Morgan fingerprint density at radius 3 is 2.60 bits per heavy atom. The molecule has 0 unspecified atom stereocenters. The van der Waals surface area contributed by atoms with Crippen molar-refractivity contribution in [2.75, 3.05) is 31.5 Å². The number of piperidine rings is 1. The Kier molecular flexibility index (Phi) is 6.02. The van der Waals surface area contributed by atoms with Crippen LogP contribution in [-0.4, -0.2) is 43.0 Å². The van der Waals surface area contributed by atoms with Crippen LogP contribution in [0.5, 0.6) is 0 Å². The Morgan fingerprint density at radius 1 is 1.25 bits per heavy atom. The summed E-state index contributed by atoms with van der Waals surface area (Å²) in [4.78, 5) is 14.3. The number of carbonyl (C=O) groups excluding carboxylic acids is 1. The Labute approximate surface area is 121 Å². The average Bonchev–Trinajstić information content (AvgIpc) is 2.48. The molecule has 0 bridgehead atoms. The zero-order chi connectivity index (χ0) is 14.2. The van der Waals surface area contributed by atoms with E-state index in [1.807, 2.05) is 30.3 Å². The van der Waals surface area contributed by atoms with Crippen LogP contribution in [0.1, 0.15) is 26.2 Å². The molecule has 0 spiro atoms. The maximum atomic E-state index is 11.8. The predicted molar refractivity (Wildman–Crippen MR) is 82.8 cm³/mol. The number of benzene rings is 1. The number of amides is 1. The number of nitrogens with one attached hydrogen (secondary N) is 2. The summed E-state index contributed by atoms with van der Waals surface area (Å²) in [6.07, 6.45) is 3.49. The van der Waals surface area contributed by atoms with Crippen molar-refractivity contribution < 1.29 is 4.79 Å². The summed E-state index contributed by atoms with van der Waals surface area (Å²) in [5.41, 5.74) is 0.858. The number of rotatable bonds is 6. The van der Waals surface area contributed by atoms with Crippen molar-refractivity contribution in [2.45, 2.75) is 32.2 Å². The van der Waals surface area contributed by atoms with E-state index in [0.29, 0.717) is 12.6 Å². The van der Waals surface area contributed by atoms with Gasteiger partial charge in [-0.3, -0.25) is 4.79 Å². The first-order chi connectivity index (χ1) is 9.78. The first kappa shape index (κ1) is 15.0. The molecule has 0 aromatic heterocycles. The zero-order valence-corrected chi connectivity index (χ0v) is 12.3. The normalized spacial score (nSPS) is 17.1. The van der Waals surface area contributed by atoms with Crippen LogP contribution in [-0.2, 0) is 4.79 Å². The Hall–Kier alpha value is -1.39. The molecule has 2 rings (SSSR count). The van der Waals surface area contributed by atoms with E-state index in [1.165, 1.54) is 13.0 Å². The third kappa shape index (κ3) is 4.94. The SMILES string of the molecule is CCCN1CCC(NCC(=O)Nc2ccccc2)CC1. The van der Waals surface area contributed by atoms with Gasteiger partial charge in [-0.2, -0.15) is 0 Å². The minimum absolute atomic E-state index is 0.0344. The van der Waals surface area contributed by atoms with Crippen LogP contribution in [0.3, 0.4) is 0 Å². The van der Waals surface area contributed by atoms with Crippen LogP contribution in [0.25, 0.3) is 0 Å². The summed E-state index contributed by atoms with van der Waals surface area (Å²) in [6.45, 7) is 6.10. The van der Waals surface area contributed by atoms with E-state index in [4.69, 9.17) is 0 Å². The molecule has 0 saturated carbocycles. The highest BCUT2D eigenvalue weighted by Crippen LogP contribution is 2.10. The van der Waals surface area contributed by atoms with Crippen molar-refractivity contribution in [1.82, 2.24) is 10.2 Å². The highest BCUT2D eigenvalue weighted by atomic mass is 16.1. The van der Waals surface area contributed by atoms with Gasteiger partial charge in [-0.15, -0.1) is 0 Å². The van der Waals surface area contributed by atoms with E-state index in [2.05, 4.69) is 22.5 Å². The number of anilines is 1. The van der Waals surface area contributed by atoms with Crippen molar-refractivity contribution in [3.05, 3.63) is 30.3 Å². The zero-order valence-electron chi connectivity index (χ0n) is 12.3. The first-order valence-electron chi connectivity index (χ1n) is 7.58. The van der Waals surface area contributed by atoms with Gasteiger partial charge in [-0.05, 0) is 51.0 Å². The molecule has 4 heteroatoms. The molecule has 1 saturated heterocycles. The highest BCUT2D eigenvalue weighted by Gasteiger charge is 2.18. The number of para-hydroxylation sites is 1. The summed E-state index contributed by atoms with van der Waals surface area (Å²) < 4.78 is 0. The molecule has 1 aromatic rings. The molecule has 0 radical (unpaired) electrons. The molecule has 20 heavy (non-hydrogen) atoms. The summed E-state index contributed by atoms with van der Waals surface area (Å²) in [6, 6.07) is 10.1. The van der Waals surface area contributed by atoms with Crippen molar-refractivity contribution in [2.24, 2.45) is 0 Å². The van der Waals surface area contributed by atoms with Crippen LogP contribution in [0.4, 0.5) is 5.69 Å². The maximum Gasteiger partial charge on any atom is 0.238 e. The van der Waals surface area contributed by atoms with E-state index >= 15 is 0 Å². The molecule has 0 aliphatic carbocycles. The third-order valence-electron chi connectivity index (χ3n) is 3.74. The van der Waals surface area contributed by atoms with Crippen molar-refractivity contribution in [3.8, 4) is 0 Å². The van der Waals surface area contributed by atoms with Crippen LogP contribution in [0.15, 0.2) is 30.3 Å². The van der Waals surface area contributed by atoms with Gasteiger partial charge in [-0.25, -0.2) is 0 Å².